The second kappa shape index (κ2) is 5.20. The van der Waals surface area contributed by atoms with E-state index in [9.17, 15) is 4.79 Å². The number of anilines is 2. The van der Waals surface area contributed by atoms with E-state index in [1.165, 1.54) is 6.42 Å². The molecule has 1 fully saturated rings. The Morgan fingerprint density at radius 3 is 3.10 bits per heavy atom. The first-order chi connectivity index (χ1) is 9.63. The molecule has 2 aromatic rings. The third kappa shape index (κ3) is 2.51. The summed E-state index contributed by atoms with van der Waals surface area (Å²) in [5.74, 6) is 0.0622. The minimum atomic E-state index is -0.458. The van der Waals surface area contributed by atoms with Gasteiger partial charge >= 0.3 is 5.76 Å². The van der Waals surface area contributed by atoms with E-state index in [2.05, 4.69) is 9.88 Å². The molecule has 0 amide bonds. The molecule has 108 valence electrons. The number of fused-ring (bicyclic) bond motifs is 1. The van der Waals surface area contributed by atoms with Crippen molar-refractivity contribution in [1.29, 1.82) is 0 Å². The van der Waals surface area contributed by atoms with Gasteiger partial charge in [-0.15, -0.1) is 0 Å². The van der Waals surface area contributed by atoms with Crippen molar-refractivity contribution in [2.45, 2.75) is 12.8 Å². The number of nitrogens with zero attached hydrogens (tertiary/aromatic N) is 1. The summed E-state index contributed by atoms with van der Waals surface area (Å²) in [5, 5.41) is 0. The first kappa shape index (κ1) is 13.1. The van der Waals surface area contributed by atoms with E-state index in [1.807, 2.05) is 13.1 Å². The smallest absolute Gasteiger partial charge is 0.408 e. The van der Waals surface area contributed by atoms with E-state index in [4.69, 9.17) is 14.9 Å². The maximum atomic E-state index is 11.2. The summed E-state index contributed by atoms with van der Waals surface area (Å²) < 4.78 is 10.5. The second-order valence-electron chi connectivity index (χ2n) is 5.39. The van der Waals surface area contributed by atoms with Crippen LogP contribution in [-0.4, -0.2) is 31.8 Å². The second-order valence-corrected chi connectivity index (χ2v) is 5.39. The number of nitrogens with two attached hydrogens (primary N) is 1. The number of rotatable bonds is 3. The Hall–Kier alpha value is -1.95. The summed E-state index contributed by atoms with van der Waals surface area (Å²) >= 11 is 0. The van der Waals surface area contributed by atoms with Crippen molar-refractivity contribution < 1.29 is 9.15 Å². The molecule has 6 nitrogen and oxygen atoms in total. The molecule has 0 aliphatic carbocycles. The van der Waals surface area contributed by atoms with E-state index in [0.717, 1.165) is 31.9 Å². The van der Waals surface area contributed by atoms with Gasteiger partial charge in [0.15, 0.2) is 5.58 Å². The molecule has 1 unspecified atom stereocenters. The van der Waals surface area contributed by atoms with Gasteiger partial charge in [0.1, 0.15) is 0 Å². The van der Waals surface area contributed by atoms with Gasteiger partial charge in [0, 0.05) is 26.3 Å². The summed E-state index contributed by atoms with van der Waals surface area (Å²) in [4.78, 5) is 16.0. The molecule has 0 spiro atoms. The Morgan fingerprint density at radius 1 is 1.50 bits per heavy atom. The zero-order valence-corrected chi connectivity index (χ0v) is 11.5. The molecule has 1 saturated heterocycles. The maximum Gasteiger partial charge on any atom is 0.417 e. The topological polar surface area (TPSA) is 84.5 Å². The lowest BCUT2D eigenvalue weighted by molar-refractivity contribution is 0.0576. The van der Waals surface area contributed by atoms with Crippen LogP contribution in [0, 0.1) is 5.92 Å². The Morgan fingerprint density at radius 2 is 2.35 bits per heavy atom. The van der Waals surface area contributed by atoms with Crippen LogP contribution < -0.4 is 16.4 Å². The van der Waals surface area contributed by atoms with E-state index >= 15 is 0 Å². The summed E-state index contributed by atoms with van der Waals surface area (Å²) in [6.45, 7) is 2.55. The highest BCUT2D eigenvalue weighted by Gasteiger charge is 2.18. The zero-order chi connectivity index (χ0) is 14.1. The average Bonchev–Trinajstić information content (AvgIpc) is 2.78. The van der Waals surface area contributed by atoms with Gasteiger partial charge in [-0.3, -0.25) is 4.98 Å². The minimum Gasteiger partial charge on any atom is -0.408 e. The molecule has 0 saturated carbocycles. The number of ether oxygens (including phenoxy) is 1. The fourth-order valence-electron chi connectivity index (χ4n) is 2.77. The number of aromatic nitrogens is 1. The van der Waals surface area contributed by atoms with E-state index in [1.54, 1.807) is 6.07 Å². The van der Waals surface area contributed by atoms with Crippen molar-refractivity contribution in [3.63, 3.8) is 0 Å². The van der Waals surface area contributed by atoms with Gasteiger partial charge < -0.3 is 19.8 Å². The van der Waals surface area contributed by atoms with Crippen LogP contribution in [0.2, 0.25) is 0 Å². The normalized spacial score (nSPS) is 19.4. The highest BCUT2D eigenvalue weighted by molar-refractivity contribution is 5.85. The average molecular weight is 277 g/mol. The Balaban J connectivity index is 1.84. The fraction of sp³-hybridized carbons (Fsp3) is 0.500. The molecule has 3 rings (SSSR count). The number of nitrogen functional groups attached to an aromatic ring is 1. The predicted molar refractivity (Wildman–Crippen MR) is 78.1 cm³/mol. The van der Waals surface area contributed by atoms with Gasteiger partial charge in [-0.1, -0.05) is 0 Å². The SMILES string of the molecule is CN(CC1CCCOC1)c1cc2[nH]c(=O)oc2cc1N. The highest BCUT2D eigenvalue weighted by Crippen LogP contribution is 2.28. The molecule has 2 heterocycles. The van der Waals surface area contributed by atoms with Gasteiger partial charge in [0.25, 0.3) is 0 Å². The quantitative estimate of drug-likeness (QED) is 0.832. The van der Waals surface area contributed by atoms with Crippen LogP contribution in [0.15, 0.2) is 21.3 Å². The number of aromatic amines is 1. The molecule has 20 heavy (non-hydrogen) atoms. The van der Waals surface area contributed by atoms with Gasteiger partial charge in [0.2, 0.25) is 0 Å². The van der Waals surface area contributed by atoms with Crippen LogP contribution in [0.5, 0.6) is 0 Å². The van der Waals surface area contributed by atoms with E-state index in [-0.39, 0.29) is 0 Å². The minimum absolute atomic E-state index is 0.458. The number of hydrogen-bond acceptors (Lipinski definition) is 5. The standard InChI is InChI=1S/C14H19N3O3/c1-17(7-9-3-2-4-19-8-9)12-6-11-13(5-10(12)15)20-14(18)16-11/h5-6,9H,2-4,7-8,15H2,1H3,(H,16,18). The number of benzene rings is 1. The summed E-state index contributed by atoms with van der Waals surface area (Å²) in [5.41, 5.74) is 8.73. The first-order valence-electron chi connectivity index (χ1n) is 6.84. The molecule has 3 N–H and O–H groups in total. The number of oxazole rings is 1. The molecule has 0 radical (unpaired) electrons. The molecule has 1 aromatic heterocycles. The molecule has 1 aliphatic heterocycles. The van der Waals surface area contributed by atoms with Gasteiger partial charge in [0.05, 0.1) is 23.5 Å². The number of hydrogen-bond donors (Lipinski definition) is 2. The summed E-state index contributed by atoms with van der Waals surface area (Å²) in [6.07, 6.45) is 2.29. The Bertz CT molecular complexity index is 655. The van der Waals surface area contributed by atoms with Crippen molar-refractivity contribution in [3.8, 4) is 0 Å². The molecule has 1 aromatic carbocycles. The van der Waals surface area contributed by atoms with E-state index in [0.29, 0.717) is 22.7 Å². The summed E-state index contributed by atoms with van der Waals surface area (Å²) in [7, 11) is 2.00. The van der Waals surface area contributed by atoms with Crippen molar-refractivity contribution in [1.82, 2.24) is 4.98 Å². The third-order valence-electron chi connectivity index (χ3n) is 3.77. The van der Waals surface area contributed by atoms with Crippen molar-refractivity contribution in [2.24, 2.45) is 5.92 Å². The van der Waals surface area contributed by atoms with Crippen molar-refractivity contribution >= 4 is 22.5 Å². The summed E-state index contributed by atoms with van der Waals surface area (Å²) in [6, 6.07) is 3.55. The monoisotopic (exact) mass is 277 g/mol. The number of nitrogens with one attached hydrogen (secondary N) is 1. The Kier molecular flexibility index (Phi) is 3.40. The molecule has 0 bridgehead atoms. The number of H-pyrrole nitrogens is 1. The maximum absolute atomic E-state index is 11.2. The van der Waals surface area contributed by atoms with Gasteiger partial charge in [-0.2, -0.15) is 0 Å². The molecule has 6 heteroatoms. The van der Waals surface area contributed by atoms with Crippen molar-refractivity contribution in [3.05, 3.63) is 22.7 Å². The van der Waals surface area contributed by atoms with Crippen LogP contribution in [0.25, 0.3) is 11.1 Å². The fourth-order valence-corrected chi connectivity index (χ4v) is 2.77. The zero-order valence-electron chi connectivity index (χ0n) is 11.5. The largest absolute Gasteiger partial charge is 0.417 e. The molecular formula is C14H19N3O3. The van der Waals surface area contributed by atoms with Gasteiger partial charge in [-0.05, 0) is 24.8 Å². The van der Waals surface area contributed by atoms with Crippen LogP contribution in [0.4, 0.5) is 11.4 Å². The van der Waals surface area contributed by atoms with Crippen LogP contribution in [0.3, 0.4) is 0 Å². The third-order valence-corrected chi connectivity index (χ3v) is 3.77. The van der Waals surface area contributed by atoms with Crippen LogP contribution in [0.1, 0.15) is 12.8 Å². The molecular weight excluding hydrogens is 258 g/mol. The van der Waals surface area contributed by atoms with Crippen molar-refractivity contribution in [2.75, 3.05) is 37.4 Å². The Labute approximate surface area is 116 Å². The van der Waals surface area contributed by atoms with Crippen LogP contribution in [-0.2, 0) is 4.74 Å². The predicted octanol–water partition coefficient (Wildman–Crippen LogP) is 1.57. The first-order valence-corrected chi connectivity index (χ1v) is 6.84. The lowest BCUT2D eigenvalue weighted by Crippen LogP contribution is -2.31. The van der Waals surface area contributed by atoms with Gasteiger partial charge in [-0.25, -0.2) is 4.79 Å². The highest BCUT2D eigenvalue weighted by atomic mass is 16.5. The lowest BCUT2D eigenvalue weighted by atomic mass is 10.0. The van der Waals surface area contributed by atoms with Crippen LogP contribution >= 0.6 is 0 Å². The lowest BCUT2D eigenvalue weighted by Gasteiger charge is -2.29. The molecule has 1 atom stereocenters. The molecule has 1 aliphatic rings. The van der Waals surface area contributed by atoms with E-state index < -0.39 is 5.76 Å².